The first-order chi connectivity index (χ1) is 7.71. The molecule has 1 aromatic carbocycles. The Bertz CT molecular complexity index is 386. The Morgan fingerprint density at radius 2 is 2.12 bits per heavy atom. The number of nitrogens with zero attached hydrogens (tertiary/aromatic N) is 1. The fraction of sp³-hybridized carbons (Fsp3) is 0.364. The first kappa shape index (κ1) is 13.0. The minimum atomic E-state index is -0.283. The van der Waals surface area contributed by atoms with Gasteiger partial charge in [-0.2, -0.15) is 5.26 Å². The summed E-state index contributed by atoms with van der Waals surface area (Å²) in [6, 6.07) is 7.52. The molecule has 1 N–H and O–H groups in total. The van der Waals surface area contributed by atoms with E-state index >= 15 is 0 Å². The third kappa shape index (κ3) is 3.49. The van der Waals surface area contributed by atoms with Crippen LogP contribution in [0.2, 0.25) is 0 Å². The lowest BCUT2D eigenvalue weighted by molar-refractivity contribution is -0.0914. The van der Waals surface area contributed by atoms with Crippen LogP contribution in [0.4, 0.5) is 5.69 Å². The standard InChI is InChI=1S/C11H13BrN2O2/c1-15-11(16-2)7-14-9-4-3-8(6-13)10(12)5-9/h3-5,11,14H,7H2,1-2H3. The van der Waals surface area contributed by atoms with E-state index in [2.05, 4.69) is 27.3 Å². The average Bonchev–Trinajstić information content (AvgIpc) is 2.30. The lowest BCUT2D eigenvalue weighted by atomic mass is 10.2. The highest BCUT2D eigenvalue weighted by Crippen LogP contribution is 2.20. The number of benzene rings is 1. The minimum absolute atomic E-state index is 0.283. The van der Waals surface area contributed by atoms with Crippen molar-refractivity contribution in [2.24, 2.45) is 0 Å². The summed E-state index contributed by atoms with van der Waals surface area (Å²) >= 11 is 3.32. The van der Waals surface area contributed by atoms with Gasteiger partial charge in [0.25, 0.3) is 0 Å². The van der Waals surface area contributed by atoms with E-state index in [0.717, 1.165) is 10.2 Å². The van der Waals surface area contributed by atoms with E-state index in [9.17, 15) is 0 Å². The Morgan fingerprint density at radius 3 is 2.62 bits per heavy atom. The molecule has 0 saturated carbocycles. The highest BCUT2D eigenvalue weighted by molar-refractivity contribution is 9.10. The molecule has 0 fully saturated rings. The molecule has 0 heterocycles. The average molecular weight is 285 g/mol. The van der Waals surface area contributed by atoms with Crippen molar-refractivity contribution < 1.29 is 9.47 Å². The van der Waals surface area contributed by atoms with Gasteiger partial charge in [-0.05, 0) is 34.1 Å². The van der Waals surface area contributed by atoms with Gasteiger partial charge in [-0.15, -0.1) is 0 Å². The fourth-order valence-electron chi connectivity index (χ4n) is 1.18. The van der Waals surface area contributed by atoms with E-state index in [1.807, 2.05) is 12.1 Å². The summed E-state index contributed by atoms with van der Waals surface area (Å²) in [5.74, 6) is 0. The molecule has 0 aromatic heterocycles. The molecular weight excluding hydrogens is 272 g/mol. The Balaban J connectivity index is 2.62. The highest BCUT2D eigenvalue weighted by Gasteiger charge is 2.05. The van der Waals surface area contributed by atoms with Crippen molar-refractivity contribution in [3.63, 3.8) is 0 Å². The van der Waals surface area contributed by atoms with Crippen LogP contribution in [0.5, 0.6) is 0 Å². The van der Waals surface area contributed by atoms with Crippen LogP contribution in [0.25, 0.3) is 0 Å². The van der Waals surface area contributed by atoms with Crippen molar-refractivity contribution in [3.8, 4) is 6.07 Å². The zero-order valence-electron chi connectivity index (χ0n) is 9.16. The second-order valence-corrected chi connectivity index (χ2v) is 3.94. The van der Waals surface area contributed by atoms with Gasteiger partial charge in [-0.25, -0.2) is 0 Å². The van der Waals surface area contributed by atoms with Gasteiger partial charge in [0, 0.05) is 24.4 Å². The molecule has 0 saturated heterocycles. The third-order valence-electron chi connectivity index (χ3n) is 2.09. The normalized spacial score (nSPS) is 10.2. The van der Waals surface area contributed by atoms with Crippen LogP contribution in [0.3, 0.4) is 0 Å². The van der Waals surface area contributed by atoms with Crippen LogP contribution in [-0.2, 0) is 9.47 Å². The maximum atomic E-state index is 8.76. The molecule has 5 heteroatoms. The topological polar surface area (TPSA) is 54.3 Å². The summed E-state index contributed by atoms with van der Waals surface area (Å²) in [5.41, 5.74) is 1.52. The molecule has 0 amide bonds. The molecule has 0 aliphatic heterocycles. The van der Waals surface area contributed by atoms with Crippen LogP contribution in [0, 0.1) is 11.3 Å². The molecular formula is C11H13BrN2O2. The predicted octanol–water partition coefficient (Wildman–Crippen LogP) is 2.35. The van der Waals surface area contributed by atoms with Crippen LogP contribution in [-0.4, -0.2) is 27.1 Å². The second-order valence-electron chi connectivity index (χ2n) is 3.09. The summed E-state index contributed by atoms with van der Waals surface area (Å²) in [5, 5.41) is 11.9. The number of anilines is 1. The Labute approximate surface area is 103 Å². The van der Waals surface area contributed by atoms with Crippen LogP contribution in [0.1, 0.15) is 5.56 Å². The summed E-state index contributed by atoms with van der Waals surface area (Å²) in [4.78, 5) is 0. The number of hydrogen-bond donors (Lipinski definition) is 1. The maximum Gasteiger partial charge on any atom is 0.173 e. The third-order valence-corrected chi connectivity index (χ3v) is 2.74. The van der Waals surface area contributed by atoms with Crippen LogP contribution in [0.15, 0.2) is 22.7 Å². The largest absolute Gasteiger partial charge is 0.380 e. The molecule has 0 aliphatic carbocycles. The first-order valence-electron chi connectivity index (χ1n) is 4.70. The second kappa shape index (κ2) is 6.48. The highest BCUT2D eigenvalue weighted by atomic mass is 79.9. The van der Waals surface area contributed by atoms with Crippen molar-refractivity contribution in [1.82, 2.24) is 0 Å². The minimum Gasteiger partial charge on any atom is -0.380 e. The maximum absolute atomic E-state index is 8.76. The lowest BCUT2D eigenvalue weighted by Gasteiger charge is -2.15. The van der Waals surface area contributed by atoms with Crippen molar-refractivity contribution in [2.75, 3.05) is 26.1 Å². The zero-order chi connectivity index (χ0) is 12.0. The van der Waals surface area contributed by atoms with Gasteiger partial charge in [0.15, 0.2) is 6.29 Å². The Kier molecular flexibility index (Phi) is 5.26. The van der Waals surface area contributed by atoms with Gasteiger partial charge < -0.3 is 14.8 Å². The number of halogens is 1. The van der Waals surface area contributed by atoms with Gasteiger partial charge in [-0.3, -0.25) is 0 Å². The SMILES string of the molecule is COC(CNc1ccc(C#N)c(Br)c1)OC. The van der Waals surface area contributed by atoms with E-state index in [-0.39, 0.29) is 6.29 Å². The predicted molar refractivity (Wildman–Crippen MR) is 65.2 cm³/mol. The number of nitriles is 1. The molecule has 1 aromatic rings. The molecule has 4 nitrogen and oxygen atoms in total. The molecule has 0 unspecified atom stereocenters. The van der Waals surface area contributed by atoms with Crippen molar-refractivity contribution in [1.29, 1.82) is 5.26 Å². The quantitative estimate of drug-likeness (QED) is 0.844. The summed E-state index contributed by atoms with van der Waals surface area (Å²) in [6.07, 6.45) is -0.283. The number of nitrogens with one attached hydrogen (secondary N) is 1. The monoisotopic (exact) mass is 284 g/mol. The van der Waals surface area contributed by atoms with Crippen LogP contribution >= 0.6 is 15.9 Å². The first-order valence-corrected chi connectivity index (χ1v) is 5.49. The van der Waals surface area contributed by atoms with Crippen molar-refractivity contribution in [3.05, 3.63) is 28.2 Å². The molecule has 0 atom stereocenters. The fourth-order valence-corrected chi connectivity index (χ4v) is 1.65. The number of ether oxygens (including phenoxy) is 2. The van der Waals surface area contributed by atoms with Gasteiger partial charge in [-0.1, -0.05) is 0 Å². The van der Waals surface area contributed by atoms with Gasteiger partial charge >= 0.3 is 0 Å². The van der Waals surface area contributed by atoms with Crippen molar-refractivity contribution in [2.45, 2.75) is 6.29 Å². The summed E-state index contributed by atoms with van der Waals surface area (Å²) in [6.45, 7) is 0.547. The molecule has 86 valence electrons. The van der Waals surface area contributed by atoms with Gasteiger partial charge in [0.05, 0.1) is 12.1 Å². The number of methoxy groups -OCH3 is 2. The van der Waals surface area contributed by atoms with Gasteiger partial charge in [0.1, 0.15) is 6.07 Å². The molecule has 0 bridgehead atoms. The summed E-state index contributed by atoms with van der Waals surface area (Å²) < 4.78 is 10.9. The van der Waals surface area contributed by atoms with Crippen LogP contribution < -0.4 is 5.32 Å². The number of rotatable bonds is 5. The van der Waals surface area contributed by atoms with E-state index in [0.29, 0.717) is 12.1 Å². The molecule has 0 spiro atoms. The van der Waals surface area contributed by atoms with E-state index in [1.165, 1.54) is 0 Å². The smallest absolute Gasteiger partial charge is 0.173 e. The van der Waals surface area contributed by atoms with E-state index in [1.54, 1.807) is 20.3 Å². The van der Waals surface area contributed by atoms with E-state index < -0.39 is 0 Å². The lowest BCUT2D eigenvalue weighted by Crippen LogP contribution is -2.23. The Morgan fingerprint density at radius 1 is 1.44 bits per heavy atom. The summed E-state index contributed by atoms with van der Waals surface area (Å²) in [7, 11) is 3.18. The van der Waals surface area contributed by atoms with E-state index in [4.69, 9.17) is 14.7 Å². The number of hydrogen-bond acceptors (Lipinski definition) is 4. The molecule has 0 radical (unpaired) electrons. The Hall–Kier alpha value is -1.09. The zero-order valence-corrected chi connectivity index (χ0v) is 10.7. The molecule has 0 aliphatic rings. The molecule has 16 heavy (non-hydrogen) atoms. The molecule has 1 rings (SSSR count). The van der Waals surface area contributed by atoms with Gasteiger partial charge in [0.2, 0.25) is 0 Å². The van der Waals surface area contributed by atoms with Crippen molar-refractivity contribution >= 4 is 21.6 Å².